The predicted molar refractivity (Wildman–Crippen MR) is 119 cm³/mol. The molecule has 0 unspecified atom stereocenters. The van der Waals surface area contributed by atoms with Gasteiger partial charge in [0.2, 0.25) is 5.91 Å². The van der Waals surface area contributed by atoms with Gasteiger partial charge in [-0.15, -0.1) is 0 Å². The van der Waals surface area contributed by atoms with E-state index in [1.165, 1.54) is 22.5 Å². The number of aryl methyl sites for hydroxylation is 4. The molecule has 0 saturated heterocycles. The van der Waals surface area contributed by atoms with Crippen molar-refractivity contribution in [2.24, 2.45) is 0 Å². The maximum absolute atomic E-state index is 12.6. The van der Waals surface area contributed by atoms with Crippen LogP contribution in [0.2, 0.25) is 0 Å². The third-order valence-corrected chi connectivity index (χ3v) is 5.69. The number of carbonyl (C=O) groups is 1. The summed E-state index contributed by atoms with van der Waals surface area (Å²) < 4.78 is 1.38. The van der Waals surface area contributed by atoms with Gasteiger partial charge in [0.15, 0.2) is 0 Å². The Balaban J connectivity index is 1.78. The Labute approximate surface area is 175 Å². The average molecular weight is 408 g/mol. The maximum Gasteiger partial charge on any atom is 0.271 e. The van der Waals surface area contributed by atoms with E-state index >= 15 is 0 Å². The number of nitrogens with one attached hydrogen (secondary N) is 1. The van der Waals surface area contributed by atoms with Crippen LogP contribution in [0.4, 0.5) is 5.69 Å². The van der Waals surface area contributed by atoms with Crippen LogP contribution in [0.5, 0.6) is 0 Å². The number of benzene rings is 2. The van der Waals surface area contributed by atoms with Crippen molar-refractivity contribution in [1.82, 2.24) is 9.78 Å². The van der Waals surface area contributed by atoms with Crippen molar-refractivity contribution < 1.29 is 4.79 Å². The molecule has 2 aromatic carbocycles. The minimum absolute atomic E-state index is 0.106. The van der Waals surface area contributed by atoms with Crippen LogP contribution in [-0.2, 0) is 4.79 Å². The third kappa shape index (κ3) is 5.15. The van der Waals surface area contributed by atoms with Crippen LogP contribution in [0, 0.1) is 27.7 Å². The van der Waals surface area contributed by atoms with Crippen molar-refractivity contribution in [3.05, 3.63) is 81.1 Å². The van der Waals surface area contributed by atoms with E-state index in [1.807, 2.05) is 65.0 Å². The Morgan fingerprint density at radius 1 is 0.966 bits per heavy atom. The lowest BCUT2D eigenvalue weighted by Gasteiger charge is -2.13. The van der Waals surface area contributed by atoms with Gasteiger partial charge in [0.05, 0.1) is 10.9 Å². The zero-order valence-electron chi connectivity index (χ0n) is 17.3. The fourth-order valence-corrected chi connectivity index (χ4v) is 3.83. The topological polar surface area (TPSA) is 64.0 Å². The summed E-state index contributed by atoms with van der Waals surface area (Å²) in [4.78, 5) is 24.9. The summed E-state index contributed by atoms with van der Waals surface area (Å²) in [5.41, 5.74) is 5.75. The molecule has 1 atom stereocenters. The summed E-state index contributed by atoms with van der Waals surface area (Å²) in [6.45, 7) is 9.86. The normalized spacial score (nSPS) is 11.9. The van der Waals surface area contributed by atoms with Crippen LogP contribution < -0.4 is 10.9 Å². The fraction of sp³-hybridized carbons (Fsp3) is 0.261. The Bertz CT molecular complexity index is 1100. The minimum Gasteiger partial charge on any atom is -0.325 e. The SMILES string of the molecule is Cc1cc(C)cc(NC(=O)[C@@H](C)Sc2ccc(=O)n(-c3ccc(C)c(C)c3)n2)c1. The van der Waals surface area contributed by atoms with Gasteiger partial charge in [0.25, 0.3) is 5.56 Å². The van der Waals surface area contributed by atoms with Gasteiger partial charge in [0.1, 0.15) is 5.03 Å². The number of nitrogens with zero attached hydrogens (tertiary/aromatic N) is 2. The summed E-state index contributed by atoms with van der Waals surface area (Å²) in [5.74, 6) is -0.106. The maximum atomic E-state index is 12.6. The van der Waals surface area contributed by atoms with E-state index in [1.54, 1.807) is 6.07 Å². The highest BCUT2D eigenvalue weighted by molar-refractivity contribution is 8.00. The van der Waals surface area contributed by atoms with E-state index < -0.39 is 0 Å². The summed E-state index contributed by atoms with van der Waals surface area (Å²) in [5, 5.41) is 7.67. The lowest BCUT2D eigenvalue weighted by molar-refractivity contribution is -0.115. The largest absolute Gasteiger partial charge is 0.325 e. The van der Waals surface area contributed by atoms with Crippen LogP contribution in [0.15, 0.2) is 58.4 Å². The summed E-state index contributed by atoms with van der Waals surface area (Å²) in [6.07, 6.45) is 0. The quantitative estimate of drug-likeness (QED) is 0.629. The van der Waals surface area contributed by atoms with Crippen LogP contribution in [0.25, 0.3) is 5.69 Å². The molecule has 1 amide bonds. The van der Waals surface area contributed by atoms with Crippen LogP contribution in [0.3, 0.4) is 0 Å². The van der Waals surface area contributed by atoms with Crippen molar-refractivity contribution in [2.45, 2.75) is 44.9 Å². The highest BCUT2D eigenvalue weighted by atomic mass is 32.2. The Morgan fingerprint density at radius 2 is 1.66 bits per heavy atom. The lowest BCUT2D eigenvalue weighted by Crippen LogP contribution is -2.24. The molecule has 0 radical (unpaired) electrons. The number of anilines is 1. The zero-order valence-corrected chi connectivity index (χ0v) is 18.1. The Hall–Kier alpha value is -2.86. The van der Waals surface area contributed by atoms with Crippen LogP contribution in [-0.4, -0.2) is 20.9 Å². The summed E-state index contributed by atoms with van der Waals surface area (Å²) in [7, 11) is 0. The number of amides is 1. The summed E-state index contributed by atoms with van der Waals surface area (Å²) in [6, 6.07) is 14.9. The van der Waals surface area contributed by atoms with Gasteiger partial charge in [-0.3, -0.25) is 9.59 Å². The molecule has 1 N–H and O–H groups in total. The monoisotopic (exact) mass is 407 g/mol. The van der Waals surface area contributed by atoms with E-state index in [-0.39, 0.29) is 16.7 Å². The highest BCUT2D eigenvalue weighted by Gasteiger charge is 2.16. The number of carbonyl (C=O) groups excluding carboxylic acids is 1. The minimum atomic E-state index is -0.367. The van der Waals surface area contributed by atoms with Crippen molar-refractivity contribution in [3.8, 4) is 5.69 Å². The molecule has 0 saturated carbocycles. The van der Waals surface area contributed by atoms with Crippen LogP contribution in [0.1, 0.15) is 29.2 Å². The number of hydrogen-bond donors (Lipinski definition) is 1. The van der Waals surface area contributed by atoms with Gasteiger partial charge in [-0.2, -0.15) is 9.78 Å². The fourth-order valence-electron chi connectivity index (χ4n) is 3.02. The van der Waals surface area contributed by atoms with E-state index in [0.717, 1.165) is 27.9 Å². The molecule has 1 aromatic heterocycles. The molecule has 6 heteroatoms. The molecule has 1 heterocycles. The number of rotatable bonds is 5. The van der Waals surface area contributed by atoms with Crippen LogP contribution >= 0.6 is 11.8 Å². The first-order valence-electron chi connectivity index (χ1n) is 9.47. The van der Waals surface area contributed by atoms with Crippen molar-refractivity contribution >= 4 is 23.4 Å². The first-order valence-corrected chi connectivity index (χ1v) is 10.3. The molecular weight excluding hydrogens is 382 g/mol. The van der Waals surface area contributed by atoms with E-state index in [4.69, 9.17) is 0 Å². The number of aromatic nitrogens is 2. The van der Waals surface area contributed by atoms with Gasteiger partial charge >= 0.3 is 0 Å². The molecule has 3 aromatic rings. The van der Waals surface area contributed by atoms with Gasteiger partial charge < -0.3 is 5.32 Å². The molecule has 0 aliphatic carbocycles. The number of thioether (sulfide) groups is 1. The molecule has 0 aliphatic rings. The standard InChI is InChI=1S/C23H25N3O2S/c1-14-10-15(2)12-19(11-14)24-23(28)18(5)29-21-8-9-22(27)26(25-21)20-7-6-16(3)17(4)13-20/h6-13,18H,1-5H3,(H,24,28)/t18-/m1/s1. The molecule has 5 nitrogen and oxygen atoms in total. The second-order valence-electron chi connectivity index (χ2n) is 7.32. The first kappa shape index (κ1) is 20.9. The smallest absolute Gasteiger partial charge is 0.271 e. The Morgan fingerprint density at radius 3 is 2.31 bits per heavy atom. The Kier molecular flexibility index (Phi) is 6.23. The predicted octanol–water partition coefficient (Wildman–Crippen LogP) is 4.59. The van der Waals surface area contributed by atoms with Gasteiger partial charge in [-0.1, -0.05) is 23.9 Å². The molecule has 0 bridgehead atoms. The number of hydrogen-bond acceptors (Lipinski definition) is 4. The second-order valence-corrected chi connectivity index (χ2v) is 8.68. The molecule has 0 spiro atoms. The van der Waals surface area contributed by atoms with Gasteiger partial charge in [-0.25, -0.2) is 0 Å². The lowest BCUT2D eigenvalue weighted by atomic mass is 10.1. The van der Waals surface area contributed by atoms with E-state index in [0.29, 0.717) is 10.7 Å². The molecular formula is C23H25N3O2S. The highest BCUT2D eigenvalue weighted by Crippen LogP contribution is 2.23. The molecule has 29 heavy (non-hydrogen) atoms. The molecule has 150 valence electrons. The van der Waals surface area contributed by atoms with Gasteiger partial charge in [0, 0.05) is 11.8 Å². The van der Waals surface area contributed by atoms with Crippen molar-refractivity contribution in [3.63, 3.8) is 0 Å². The molecule has 0 aliphatic heterocycles. The summed E-state index contributed by atoms with van der Waals surface area (Å²) >= 11 is 1.32. The second kappa shape index (κ2) is 8.66. The average Bonchev–Trinajstić information content (AvgIpc) is 2.64. The van der Waals surface area contributed by atoms with E-state index in [9.17, 15) is 9.59 Å². The van der Waals surface area contributed by atoms with Crippen molar-refractivity contribution in [2.75, 3.05) is 5.32 Å². The first-order chi connectivity index (χ1) is 13.7. The van der Waals surface area contributed by atoms with Gasteiger partial charge in [-0.05, 0) is 87.2 Å². The van der Waals surface area contributed by atoms with Crippen molar-refractivity contribution in [1.29, 1.82) is 0 Å². The van der Waals surface area contributed by atoms with E-state index in [2.05, 4.69) is 16.5 Å². The zero-order chi connectivity index (χ0) is 21.1. The third-order valence-electron chi connectivity index (χ3n) is 4.67. The molecule has 0 fully saturated rings. The molecule has 3 rings (SSSR count).